The summed E-state index contributed by atoms with van der Waals surface area (Å²) < 4.78 is 11.9. The van der Waals surface area contributed by atoms with Gasteiger partial charge in [-0.15, -0.1) is 0 Å². The Morgan fingerprint density at radius 1 is 1.10 bits per heavy atom. The summed E-state index contributed by atoms with van der Waals surface area (Å²) in [5.41, 5.74) is 5.26. The van der Waals surface area contributed by atoms with E-state index >= 15 is 0 Å². The molecule has 2 heterocycles. The molecule has 3 N–H and O–H groups in total. The van der Waals surface area contributed by atoms with Crippen LogP contribution in [0.2, 0.25) is 5.02 Å². The first-order valence-corrected chi connectivity index (χ1v) is 10.6. The number of hydrogen-bond donors (Lipinski definition) is 3. The van der Waals surface area contributed by atoms with Crippen LogP contribution in [0.1, 0.15) is 53.0 Å². The van der Waals surface area contributed by atoms with Gasteiger partial charge in [0.1, 0.15) is 12.2 Å². The maximum atomic E-state index is 10.3. The highest BCUT2D eigenvalue weighted by Gasteiger charge is 2.51. The fraction of sp³-hybridized carbons (Fsp3) is 0.478. The Labute approximate surface area is 174 Å². The average molecular weight is 417 g/mol. The molecule has 0 radical (unpaired) electrons. The van der Waals surface area contributed by atoms with Gasteiger partial charge >= 0.3 is 0 Å². The highest BCUT2D eigenvalue weighted by molar-refractivity contribution is 6.31. The van der Waals surface area contributed by atoms with Gasteiger partial charge in [-0.1, -0.05) is 35.9 Å². The van der Waals surface area contributed by atoms with Crippen LogP contribution in [0.25, 0.3) is 0 Å². The van der Waals surface area contributed by atoms with Gasteiger partial charge in [-0.2, -0.15) is 0 Å². The summed E-state index contributed by atoms with van der Waals surface area (Å²) in [5, 5.41) is 30.6. The van der Waals surface area contributed by atoms with Crippen molar-refractivity contribution in [3.05, 3.63) is 69.2 Å². The molecule has 5 rings (SSSR count). The number of ether oxygens (including phenoxy) is 2. The van der Waals surface area contributed by atoms with Crippen LogP contribution in [0.15, 0.2) is 36.4 Å². The molecule has 1 saturated heterocycles. The summed E-state index contributed by atoms with van der Waals surface area (Å²) in [7, 11) is 0. The van der Waals surface area contributed by atoms with Gasteiger partial charge in [-0.05, 0) is 59.6 Å². The van der Waals surface area contributed by atoms with Crippen LogP contribution in [-0.4, -0.2) is 40.2 Å². The first kappa shape index (κ1) is 19.5. The van der Waals surface area contributed by atoms with Crippen molar-refractivity contribution in [1.29, 1.82) is 0 Å². The van der Waals surface area contributed by atoms with Gasteiger partial charge in [0, 0.05) is 17.0 Å². The van der Waals surface area contributed by atoms with E-state index < -0.39 is 30.7 Å². The molecule has 2 fully saturated rings. The summed E-state index contributed by atoms with van der Waals surface area (Å²) in [5.74, 6) is -0.439. The number of benzene rings is 2. The third-order valence-electron chi connectivity index (χ3n) is 6.34. The maximum Gasteiger partial charge on any atom is 0.198 e. The Morgan fingerprint density at radius 2 is 1.86 bits per heavy atom. The Hall–Kier alpha value is -1.47. The van der Waals surface area contributed by atoms with Crippen molar-refractivity contribution in [2.24, 2.45) is 0 Å². The molecule has 1 spiro atoms. The fourth-order valence-electron chi connectivity index (χ4n) is 4.50. The average Bonchev–Trinajstić information content (AvgIpc) is 3.51. The SMILES string of the molecule is OC[C@H]1O[C@@]2(C[C@@H](O)[C@@H]1O)OCc1cc(Cl)c(Cc3ccc(C4CC4)cc3)cc12. The molecule has 0 aromatic heterocycles. The van der Waals surface area contributed by atoms with Gasteiger partial charge in [0.15, 0.2) is 5.79 Å². The molecule has 0 amide bonds. The smallest absolute Gasteiger partial charge is 0.198 e. The number of halogens is 1. The molecular weight excluding hydrogens is 392 g/mol. The summed E-state index contributed by atoms with van der Waals surface area (Å²) >= 11 is 6.56. The van der Waals surface area contributed by atoms with Crippen molar-refractivity contribution < 1.29 is 24.8 Å². The molecule has 6 heteroatoms. The Bertz CT molecular complexity index is 910. The molecule has 5 nitrogen and oxygen atoms in total. The second kappa shape index (κ2) is 7.34. The van der Waals surface area contributed by atoms with E-state index in [9.17, 15) is 15.3 Å². The van der Waals surface area contributed by atoms with Crippen LogP contribution in [0.3, 0.4) is 0 Å². The largest absolute Gasteiger partial charge is 0.394 e. The zero-order chi connectivity index (χ0) is 20.2. The number of aliphatic hydroxyl groups excluding tert-OH is 3. The lowest BCUT2D eigenvalue weighted by atomic mass is 9.88. The third kappa shape index (κ3) is 3.50. The highest BCUT2D eigenvalue weighted by Crippen LogP contribution is 2.47. The van der Waals surface area contributed by atoms with Crippen LogP contribution in [0.4, 0.5) is 0 Å². The molecule has 154 valence electrons. The molecule has 1 saturated carbocycles. The number of hydrogen-bond acceptors (Lipinski definition) is 5. The van der Waals surface area contributed by atoms with Crippen molar-refractivity contribution in [3.63, 3.8) is 0 Å². The second-order valence-corrected chi connectivity index (χ2v) is 8.84. The predicted molar refractivity (Wildman–Crippen MR) is 108 cm³/mol. The minimum absolute atomic E-state index is 0.106. The molecular formula is C23H25ClO5. The molecule has 0 unspecified atom stereocenters. The van der Waals surface area contributed by atoms with Crippen molar-refractivity contribution in [2.45, 2.75) is 62.3 Å². The minimum atomic E-state index is -1.17. The number of fused-ring (bicyclic) bond motifs is 2. The van der Waals surface area contributed by atoms with E-state index in [1.165, 1.54) is 24.0 Å². The molecule has 4 atom stereocenters. The van der Waals surface area contributed by atoms with Gasteiger partial charge in [0.05, 0.1) is 19.3 Å². The van der Waals surface area contributed by atoms with Crippen LogP contribution < -0.4 is 0 Å². The normalized spacial score (nSPS) is 31.2. The van der Waals surface area contributed by atoms with Crippen molar-refractivity contribution >= 4 is 11.6 Å². The zero-order valence-corrected chi connectivity index (χ0v) is 16.8. The molecule has 3 aliphatic rings. The van der Waals surface area contributed by atoms with Gasteiger partial charge in [-0.3, -0.25) is 0 Å². The van der Waals surface area contributed by atoms with Crippen molar-refractivity contribution in [1.82, 2.24) is 0 Å². The fourth-order valence-corrected chi connectivity index (χ4v) is 4.76. The Balaban J connectivity index is 1.45. The minimum Gasteiger partial charge on any atom is -0.394 e. The first-order chi connectivity index (χ1) is 14.0. The van der Waals surface area contributed by atoms with E-state index in [1.807, 2.05) is 12.1 Å². The number of rotatable bonds is 4. The first-order valence-electron chi connectivity index (χ1n) is 10.2. The van der Waals surface area contributed by atoms with Gasteiger partial charge in [0.25, 0.3) is 0 Å². The second-order valence-electron chi connectivity index (χ2n) is 8.44. The Kier molecular flexibility index (Phi) is 4.93. The van der Waals surface area contributed by atoms with Crippen LogP contribution >= 0.6 is 11.6 Å². The summed E-state index contributed by atoms with van der Waals surface area (Å²) in [6, 6.07) is 12.6. The van der Waals surface area contributed by atoms with E-state index in [1.54, 1.807) is 0 Å². The van der Waals surface area contributed by atoms with Crippen molar-refractivity contribution in [2.75, 3.05) is 6.61 Å². The standard InChI is InChI=1S/C23H25ClO5/c24-19-9-17-12-28-23(10-20(26)22(27)21(11-25)29-23)18(17)8-16(19)7-13-1-3-14(4-2-13)15-5-6-15/h1-4,8-9,15,20-22,25-27H,5-7,10-12H2/t20-,21-,22+,23-/m1/s1. The topological polar surface area (TPSA) is 79.2 Å². The lowest BCUT2D eigenvalue weighted by molar-refractivity contribution is -0.326. The molecule has 2 aliphatic heterocycles. The number of aliphatic hydroxyl groups is 3. The van der Waals surface area contributed by atoms with E-state index in [4.69, 9.17) is 21.1 Å². The highest BCUT2D eigenvalue weighted by atomic mass is 35.5. The molecule has 29 heavy (non-hydrogen) atoms. The molecule has 0 bridgehead atoms. The van der Waals surface area contributed by atoms with Crippen molar-refractivity contribution in [3.8, 4) is 0 Å². The quantitative estimate of drug-likeness (QED) is 0.714. The van der Waals surface area contributed by atoms with E-state index in [-0.39, 0.29) is 6.42 Å². The molecule has 2 aromatic rings. The monoisotopic (exact) mass is 416 g/mol. The van der Waals surface area contributed by atoms with E-state index in [2.05, 4.69) is 24.3 Å². The predicted octanol–water partition coefficient (Wildman–Crippen LogP) is 2.99. The Morgan fingerprint density at radius 3 is 2.55 bits per heavy atom. The van der Waals surface area contributed by atoms with Crippen LogP contribution in [0, 0.1) is 0 Å². The van der Waals surface area contributed by atoms with Crippen LogP contribution in [0.5, 0.6) is 0 Å². The third-order valence-corrected chi connectivity index (χ3v) is 6.69. The summed E-state index contributed by atoms with van der Waals surface area (Å²) in [6.07, 6.45) is 0.270. The molecule has 2 aromatic carbocycles. The van der Waals surface area contributed by atoms with Crippen LogP contribution in [-0.2, 0) is 28.3 Å². The summed E-state index contributed by atoms with van der Waals surface area (Å²) in [6.45, 7) is -0.0845. The summed E-state index contributed by atoms with van der Waals surface area (Å²) in [4.78, 5) is 0. The van der Waals surface area contributed by atoms with Gasteiger partial charge < -0.3 is 24.8 Å². The lowest BCUT2D eigenvalue weighted by Gasteiger charge is -2.42. The zero-order valence-electron chi connectivity index (χ0n) is 16.1. The van der Waals surface area contributed by atoms with E-state index in [0.717, 1.165) is 22.6 Å². The molecule has 1 aliphatic carbocycles. The van der Waals surface area contributed by atoms with Gasteiger partial charge in [-0.25, -0.2) is 0 Å². The van der Waals surface area contributed by atoms with Gasteiger partial charge in [0.2, 0.25) is 0 Å². The lowest BCUT2D eigenvalue weighted by Crippen LogP contribution is -2.54. The maximum absolute atomic E-state index is 10.3. The van der Waals surface area contributed by atoms with E-state index in [0.29, 0.717) is 18.1 Å².